The maximum Gasteiger partial charge on any atom is 0.421 e. The highest BCUT2D eigenvalue weighted by Gasteiger charge is 2.54. The monoisotopic (exact) mass is 475 g/mol. The van der Waals surface area contributed by atoms with E-state index in [0.29, 0.717) is 6.54 Å². The number of benzene rings is 3. The van der Waals surface area contributed by atoms with Crippen LogP contribution in [0.2, 0.25) is 0 Å². The summed E-state index contributed by atoms with van der Waals surface area (Å²) in [5, 5.41) is 3.40. The van der Waals surface area contributed by atoms with E-state index in [-0.39, 0.29) is 16.9 Å². The second-order valence-electron chi connectivity index (χ2n) is 9.11. The smallest absolute Gasteiger partial charge is 0.356 e. The summed E-state index contributed by atoms with van der Waals surface area (Å²) in [6.45, 7) is 3.62. The van der Waals surface area contributed by atoms with Crippen molar-refractivity contribution < 1.29 is 26.7 Å². The topological polar surface area (TPSA) is 21.3 Å². The molecule has 4 rings (SSSR count). The van der Waals surface area contributed by atoms with E-state index in [1.54, 1.807) is 12.1 Å². The molecule has 0 aliphatic carbocycles. The maximum absolute atomic E-state index is 14.1. The fraction of sp³-hybridized carbons (Fsp3) is 0.333. The summed E-state index contributed by atoms with van der Waals surface area (Å²) in [5.74, 6) is -1.84. The van der Waals surface area contributed by atoms with Crippen molar-refractivity contribution in [2.45, 2.75) is 43.6 Å². The highest BCUT2D eigenvalue weighted by molar-refractivity contribution is 5.38. The summed E-state index contributed by atoms with van der Waals surface area (Å²) in [4.78, 5) is 0. The van der Waals surface area contributed by atoms with Gasteiger partial charge in [-0.3, -0.25) is 0 Å². The molecule has 1 fully saturated rings. The molecule has 0 spiro atoms. The molecule has 3 aromatic carbocycles. The normalized spacial score (nSPS) is 22.5. The van der Waals surface area contributed by atoms with Gasteiger partial charge in [0.15, 0.2) is 5.60 Å². The first kappa shape index (κ1) is 24.4. The van der Waals surface area contributed by atoms with Crippen molar-refractivity contribution in [3.63, 3.8) is 0 Å². The van der Waals surface area contributed by atoms with E-state index >= 15 is 0 Å². The third-order valence-electron chi connectivity index (χ3n) is 7.01. The molecule has 1 unspecified atom stereocenters. The van der Waals surface area contributed by atoms with Gasteiger partial charge in [-0.25, -0.2) is 8.78 Å². The van der Waals surface area contributed by atoms with Gasteiger partial charge in [0, 0.05) is 30.0 Å². The van der Waals surface area contributed by atoms with Gasteiger partial charge in [-0.1, -0.05) is 67.6 Å². The molecular weight excluding hydrogens is 449 g/mol. The number of nitrogens with one attached hydrogen (secondary N) is 1. The van der Waals surface area contributed by atoms with Crippen LogP contribution in [0.15, 0.2) is 72.8 Å². The number of alkyl halides is 3. The molecule has 34 heavy (non-hydrogen) atoms. The minimum Gasteiger partial charge on any atom is -0.356 e. The van der Waals surface area contributed by atoms with E-state index in [9.17, 15) is 22.0 Å². The Morgan fingerprint density at radius 2 is 1.53 bits per heavy atom. The Hall–Kier alpha value is -2.77. The van der Waals surface area contributed by atoms with Crippen molar-refractivity contribution in [3.8, 4) is 0 Å². The van der Waals surface area contributed by atoms with Gasteiger partial charge >= 0.3 is 6.18 Å². The van der Waals surface area contributed by atoms with Gasteiger partial charge in [-0.2, -0.15) is 13.2 Å². The molecule has 0 radical (unpaired) electrons. The molecule has 1 aliphatic rings. The molecular formula is C27H26F5NO. The highest BCUT2D eigenvalue weighted by Crippen LogP contribution is 2.45. The van der Waals surface area contributed by atoms with Crippen molar-refractivity contribution in [3.05, 3.63) is 107 Å². The number of rotatable bonds is 6. The molecule has 0 amide bonds. The lowest BCUT2D eigenvalue weighted by Crippen LogP contribution is -2.42. The average Bonchev–Trinajstić information content (AvgIpc) is 3.21. The van der Waals surface area contributed by atoms with Crippen molar-refractivity contribution >= 4 is 0 Å². The van der Waals surface area contributed by atoms with Gasteiger partial charge in [0.2, 0.25) is 0 Å². The largest absolute Gasteiger partial charge is 0.421 e. The van der Waals surface area contributed by atoms with Crippen LogP contribution in [0.3, 0.4) is 0 Å². The number of hydrogen-bond acceptors (Lipinski definition) is 2. The Bertz CT molecular complexity index is 1110. The predicted molar refractivity (Wildman–Crippen MR) is 120 cm³/mol. The molecule has 1 N–H and O–H groups in total. The SMILES string of the molecule is CC(OCc1c(F)cccc1F)(c1ccc([C@@H]2CNC[C@]2(C)c2ccccc2)cc1)C(F)(F)F. The van der Waals surface area contributed by atoms with Crippen molar-refractivity contribution in [2.24, 2.45) is 0 Å². The molecule has 3 aromatic rings. The summed E-state index contributed by atoms with van der Waals surface area (Å²) >= 11 is 0. The Kier molecular flexibility index (Phi) is 6.53. The first-order valence-corrected chi connectivity index (χ1v) is 11.1. The molecule has 2 nitrogen and oxygen atoms in total. The molecule has 1 aliphatic heterocycles. The minimum atomic E-state index is -4.80. The zero-order valence-corrected chi connectivity index (χ0v) is 18.9. The molecule has 3 atom stereocenters. The van der Waals surface area contributed by atoms with Crippen LogP contribution in [0.4, 0.5) is 22.0 Å². The van der Waals surface area contributed by atoms with Crippen LogP contribution in [-0.4, -0.2) is 19.3 Å². The molecule has 0 saturated carbocycles. The Morgan fingerprint density at radius 3 is 2.12 bits per heavy atom. The van der Waals surface area contributed by atoms with E-state index in [4.69, 9.17) is 4.74 Å². The van der Waals surface area contributed by atoms with E-state index in [0.717, 1.165) is 42.8 Å². The summed E-state index contributed by atoms with van der Waals surface area (Å²) in [7, 11) is 0. The fourth-order valence-corrected chi connectivity index (χ4v) is 4.68. The van der Waals surface area contributed by atoms with Crippen LogP contribution in [0.25, 0.3) is 0 Å². The van der Waals surface area contributed by atoms with E-state index in [1.807, 2.05) is 18.2 Å². The van der Waals surface area contributed by atoms with Crippen molar-refractivity contribution in [1.29, 1.82) is 0 Å². The Balaban J connectivity index is 1.62. The molecule has 7 heteroatoms. The zero-order valence-electron chi connectivity index (χ0n) is 18.9. The minimum absolute atomic E-state index is 0.0644. The molecule has 1 heterocycles. The van der Waals surface area contributed by atoms with Crippen LogP contribution in [0.1, 0.15) is 42.0 Å². The third kappa shape index (κ3) is 4.34. The summed E-state index contributed by atoms with van der Waals surface area (Å²) in [6, 6.07) is 19.3. The fourth-order valence-electron chi connectivity index (χ4n) is 4.68. The number of halogens is 5. The maximum atomic E-state index is 14.1. The van der Waals surface area contributed by atoms with Crippen LogP contribution >= 0.6 is 0 Å². The van der Waals surface area contributed by atoms with Crippen molar-refractivity contribution in [2.75, 3.05) is 13.1 Å². The zero-order chi connectivity index (χ0) is 24.6. The summed E-state index contributed by atoms with van der Waals surface area (Å²) in [6.07, 6.45) is -4.80. The number of hydrogen-bond donors (Lipinski definition) is 1. The first-order valence-electron chi connectivity index (χ1n) is 11.1. The van der Waals surface area contributed by atoms with E-state index < -0.39 is 35.6 Å². The van der Waals surface area contributed by atoms with Crippen molar-refractivity contribution in [1.82, 2.24) is 5.32 Å². The lowest BCUT2D eigenvalue weighted by atomic mass is 9.71. The number of ether oxygens (including phenoxy) is 1. The Morgan fingerprint density at radius 1 is 0.912 bits per heavy atom. The first-order chi connectivity index (χ1) is 16.1. The van der Waals surface area contributed by atoms with Crippen LogP contribution in [-0.2, 0) is 22.4 Å². The molecule has 0 bridgehead atoms. The van der Waals surface area contributed by atoms with Gasteiger partial charge in [0.25, 0.3) is 0 Å². The molecule has 0 aromatic heterocycles. The van der Waals surface area contributed by atoms with Gasteiger partial charge in [-0.15, -0.1) is 0 Å². The summed E-state index contributed by atoms with van der Waals surface area (Å²) in [5.41, 5.74) is -1.56. The van der Waals surface area contributed by atoms with Crippen LogP contribution < -0.4 is 5.32 Å². The molecule has 1 saturated heterocycles. The van der Waals surface area contributed by atoms with Crippen LogP contribution in [0, 0.1) is 11.6 Å². The lowest BCUT2D eigenvalue weighted by molar-refractivity contribution is -0.282. The average molecular weight is 476 g/mol. The predicted octanol–water partition coefficient (Wildman–Crippen LogP) is 6.60. The third-order valence-corrected chi connectivity index (χ3v) is 7.01. The quantitative estimate of drug-likeness (QED) is 0.406. The summed E-state index contributed by atoms with van der Waals surface area (Å²) < 4.78 is 75.4. The molecule has 180 valence electrons. The lowest BCUT2D eigenvalue weighted by Gasteiger charge is -2.34. The standard InChI is InChI=1S/C27H26F5NO/c1-25(19-7-4-3-5-8-19)17-33-15-22(25)18-11-13-20(14-12-18)26(2,27(30,31)32)34-16-21-23(28)9-6-10-24(21)29/h3-14,22,33H,15-17H2,1-2H3/t22-,25+,26?/m0/s1. The van der Waals surface area contributed by atoms with Gasteiger partial charge in [0.1, 0.15) is 11.6 Å². The van der Waals surface area contributed by atoms with Gasteiger partial charge in [-0.05, 0) is 35.7 Å². The highest BCUT2D eigenvalue weighted by atomic mass is 19.4. The van der Waals surface area contributed by atoms with E-state index in [2.05, 4.69) is 24.4 Å². The second-order valence-corrected chi connectivity index (χ2v) is 9.11. The second kappa shape index (κ2) is 9.12. The van der Waals surface area contributed by atoms with Crippen LogP contribution in [0.5, 0.6) is 0 Å². The van der Waals surface area contributed by atoms with Gasteiger partial charge in [0.05, 0.1) is 6.61 Å². The Labute approximate surface area is 195 Å². The van der Waals surface area contributed by atoms with Gasteiger partial charge < -0.3 is 10.1 Å². The van der Waals surface area contributed by atoms with E-state index in [1.165, 1.54) is 12.1 Å².